The van der Waals surface area contributed by atoms with E-state index in [1.807, 2.05) is 90.8 Å². The van der Waals surface area contributed by atoms with Crippen molar-refractivity contribution < 1.29 is 14.3 Å². The maximum absolute atomic E-state index is 12.3. The minimum absolute atomic E-state index is 0.464. The van der Waals surface area contributed by atoms with Gasteiger partial charge in [0.2, 0.25) is 0 Å². The van der Waals surface area contributed by atoms with Crippen LogP contribution in [0.4, 0.5) is 10.5 Å². The molecule has 0 spiro atoms. The molecule has 3 rings (SSSR count). The van der Waals surface area contributed by atoms with Crippen molar-refractivity contribution in [2.24, 2.45) is 0 Å². The van der Waals surface area contributed by atoms with Crippen LogP contribution in [0.5, 0.6) is 5.75 Å². The molecule has 1 unspecified atom stereocenters. The lowest BCUT2D eigenvalue weighted by Crippen LogP contribution is -2.34. The van der Waals surface area contributed by atoms with Crippen LogP contribution in [0.2, 0.25) is 0 Å². The molecule has 0 heterocycles. The quantitative estimate of drug-likeness (QED) is 0.354. The number of hydrogen-bond donors (Lipinski definition) is 0. The van der Waals surface area contributed by atoms with E-state index in [9.17, 15) is 4.79 Å². The van der Waals surface area contributed by atoms with Crippen molar-refractivity contribution >= 4 is 11.8 Å². The van der Waals surface area contributed by atoms with Crippen LogP contribution in [0.1, 0.15) is 6.92 Å². The lowest BCUT2D eigenvalue weighted by atomic mass is 10.1. The number of hydrogen-bond acceptors (Lipinski definition) is 4. The Morgan fingerprint density at radius 1 is 0.846 bits per heavy atom. The van der Waals surface area contributed by atoms with Crippen LogP contribution in [-0.4, -0.2) is 19.4 Å². The second-order valence-corrected chi connectivity index (χ2v) is 5.88. The number of carbonyl (C=O) groups excluding carboxylic acids is 1. The first-order chi connectivity index (χ1) is 12.6. The highest BCUT2D eigenvalue weighted by Crippen LogP contribution is 2.30. The van der Waals surface area contributed by atoms with E-state index in [1.54, 1.807) is 13.0 Å². The summed E-state index contributed by atoms with van der Waals surface area (Å²) in [5, 5.41) is 0. The van der Waals surface area contributed by atoms with E-state index in [1.165, 1.54) is 0 Å². The summed E-state index contributed by atoms with van der Waals surface area (Å²) in [6.07, 6.45) is -1.20. The van der Waals surface area contributed by atoms with Gasteiger partial charge in [0.1, 0.15) is 5.75 Å². The molecule has 0 aromatic heterocycles. The number of benzene rings is 3. The third-order valence-electron chi connectivity index (χ3n) is 4.14. The molecule has 0 amide bonds. The molecule has 0 bridgehead atoms. The van der Waals surface area contributed by atoms with Crippen LogP contribution in [0.25, 0.3) is 11.1 Å². The molecule has 0 saturated carbocycles. The number of carbonyl (C=O) groups is 1. The third-order valence-corrected chi connectivity index (χ3v) is 4.14. The number of ether oxygens (including phenoxy) is 2. The monoisotopic (exact) mass is 347 g/mol. The van der Waals surface area contributed by atoms with Crippen molar-refractivity contribution in [3.05, 3.63) is 84.9 Å². The number of para-hydroxylation sites is 2. The molecule has 132 valence electrons. The Morgan fingerprint density at radius 2 is 1.42 bits per heavy atom. The second kappa shape index (κ2) is 8.21. The van der Waals surface area contributed by atoms with Gasteiger partial charge in [-0.2, -0.15) is 0 Å². The maximum atomic E-state index is 12.3. The topological polar surface area (TPSA) is 38.8 Å². The Morgan fingerprint density at radius 3 is 2.12 bits per heavy atom. The molecule has 4 nitrogen and oxygen atoms in total. The lowest BCUT2D eigenvalue weighted by molar-refractivity contribution is 0.0663. The summed E-state index contributed by atoms with van der Waals surface area (Å²) in [4.78, 5) is 14.1. The summed E-state index contributed by atoms with van der Waals surface area (Å²) in [5.41, 5.74) is 2.77. The minimum Gasteiger partial charge on any atom is -0.410 e. The first-order valence-electron chi connectivity index (χ1n) is 8.46. The van der Waals surface area contributed by atoms with Crippen molar-refractivity contribution in [1.29, 1.82) is 0 Å². The van der Waals surface area contributed by atoms with Gasteiger partial charge in [0, 0.05) is 18.3 Å². The highest BCUT2D eigenvalue weighted by atomic mass is 16.7. The van der Waals surface area contributed by atoms with E-state index in [-0.39, 0.29) is 0 Å². The molecular weight excluding hydrogens is 326 g/mol. The minimum atomic E-state index is -0.733. The van der Waals surface area contributed by atoms with Crippen LogP contribution in [0, 0.1) is 0 Å². The molecule has 4 heteroatoms. The van der Waals surface area contributed by atoms with Crippen LogP contribution >= 0.6 is 0 Å². The normalized spacial score (nSPS) is 11.5. The molecule has 0 fully saturated rings. The van der Waals surface area contributed by atoms with Gasteiger partial charge in [-0.3, -0.25) is 0 Å². The summed E-state index contributed by atoms with van der Waals surface area (Å²) >= 11 is 0. The van der Waals surface area contributed by atoms with Crippen LogP contribution in [0.3, 0.4) is 0 Å². The van der Waals surface area contributed by atoms with E-state index in [0.29, 0.717) is 5.75 Å². The van der Waals surface area contributed by atoms with Crippen molar-refractivity contribution in [3.8, 4) is 16.9 Å². The van der Waals surface area contributed by atoms with Crippen molar-refractivity contribution in [2.45, 2.75) is 13.2 Å². The van der Waals surface area contributed by atoms with Gasteiger partial charge in [-0.15, -0.1) is 0 Å². The number of nitrogens with zero attached hydrogens (tertiary/aromatic N) is 1. The van der Waals surface area contributed by atoms with E-state index in [0.717, 1.165) is 16.8 Å². The van der Waals surface area contributed by atoms with Gasteiger partial charge >= 0.3 is 6.16 Å². The molecule has 0 aliphatic rings. The van der Waals surface area contributed by atoms with Gasteiger partial charge in [0.15, 0.2) is 6.23 Å². The number of rotatable bonds is 5. The van der Waals surface area contributed by atoms with E-state index in [4.69, 9.17) is 9.47 Å². The third kappa shape index (κ3) is 4.22. The van der Waals surface area contributed by atoms with Crippen LogP contribution < -0.4 is 9.64 Å². The average Bonchev–Trinajstić information content (AvgIpc) is 2.69. The molecular formula is C22H21NO3. The van der Waals surface area contributed by atoms with Gasteiger partial charge in [-0.25, -0.2) is 4.79 Å². The molecule has 0 aliphatic carbocycles. The zero-order chi connectivity index (χ0) is 18.4. The van der Waals surface area contributed by atoms with E-state index < -0.39 is 12.4 Å². The van der Waals surface area contributed by atoms with Gasteiger partial charge < -0.3 is 14.4 Å². The highest BCUT2D eigenvalue weighted by molar-refractivity contribution is 5.74. The Balaban J connectivity index is 1.69. The summed E-state index contributed by atoms with van der Waals surface area (Å²) < 4.78 is 10.9. The summed E-state index contributed by atoms with van der Waals surface area (Å²) in [5.74, 6) is 0.471. The summed E-state index contributed by atoms with van der Waals surface area (Å²) in [6.45, 7) is 1.80. The SMILES string of the molecule is CC(OC(=O)Oc1ccccc1-c1ccccc1)N(C)c1ccccc1. The molecule has 0 saturated heterocycles. The summed E-state index contributed by atoms with van der Waals surface area (Å²) in [6, 6.07) is 26.9. The average molecular weight is 347 g/mol. The molecule has 0 aliphatic heterocycles. The van der Waals surface area contributed by atoms with Gasteiger partial charge in [0.05, 0.1) is 0 Å². The second-order valence-electron chi connectivity index (χ2n) is 5.88. The molecule has 0 radical (unpaired) electrons. The molecule has 0 N–H and O–H groups in total. The van der Waals surface area contributed by atoms with Gasteiger partial charge in [-0.1, -0.05) is 66.7 Å². The first-order valence-corrected chi connectivity index (χ1v) is 8.46. The molecule has 26 heavy (non-hydrogen) atoms. The fourth-order valence-corrected chi connectivity index (χ4v) is 2.62. The number of anilines is 1. The zero-order valence-corrected chi connectivity index (χ0v) is 14.8. The van der Waals surface area contributed by atoms with Crippen molar-refractivity contribution in [2.75, 3.05) is 11.9 Å². The van der Waals surface area contributed by atoms with Crippen LogP contribution in [-0.2, 0) is 4.74 Å². The molecule has 3 aromatic carbocycles. The Labute approximate surface area is 153 Å². The van der Waals surface area contributed by atoms with Gasteiger partial charge in [-0.05, 0) is 30.7 Å². The molecule has 3 aromatic rings. The lowest BCUT2D eigenvalue weighted by Gasteiger charge is -2.26. The fourth-order valence-electron chi connectivity index (χ4n) is 2.62. The fraction of sp³-hybridized carbons (Fsp3) is 0.136. The molecule has 1 atom stereocenters. The van der Waals surface area contributed by atoms with E-state index >= 15 is 0 Å². The Bertz CT molecular complexity index is 850. The van der Waals surface area contributed by atoms with E-state index in [2.05, 4.69) is 0 Å². The predicted octanol–water partition coefficient (Wildman–Crippen LogP) is 5.35. The Kier molecular flexibility index (Phi) is 5.54. The smallest absolute Gasteiger partial charge is 0.410 e. The van der Waals surface area contributed by atoms with Gasteiger partial charge in [0.25, 0.3) is 0 Å². The largest absolute Gasteiger partial charge is 0.515 e. The zero-order valence-electron chi connectivity index (χ0n) is 14.8. The first kappa shape index (κ1) is 17.5. The summed E-state index contributed by atoms with van der Waals surface area (Å²) in [7, 11) is 1.87. The van der Waals surface area contributed by atoms with Crippen molar-refractivity contribution in [1.82, 2.24) is 0 Å². The maximum Gasteiger partial charge on any atom is 0.515 e. The van der Waals surface area contributed by atoms with Crippen molar-refractivity contribution in [3.63, 3.8) is 0 Å². The highest BCUT2D eigenvalue weighted by Gasteiger charge is 2.18. The standard InChI is InChI=1S/C22H21NO3/c1-17(23(2)19-13-7-4-8-14-19)25-22(24)26-21-16-10-9-15-20(21)18-11-5-3-6-12-18/h3-17H,1-2H3. The Hall–Kier alpha value is -3.27. The van der Waals surface area contributed by atoms with Crippen LogP contribution in [0.15, 0.2) is 84.9 Å². The predicted molar refractivity (Wildman–Crippen MR) is 103 cm³/mol.